The van der Waals surface area contributed by atoms with Gasteiger partial charge in [0.25, 0.3) is 10.2 Å². The van der Waals surface area contributed by atoms with Gasteiger partial charge < -0.3 is 5.73 Å². The lowest BCUT2D eigenvalue weighted by Crippen LogP contribution is -2.42. The van der Waals surface area contributed by atoms with Crippen LogP contribution in [-0.4, -0.2) is 32.5 Å². The van der Waals surface area contributed by atoms with Crippen molar-refractivity contribution in [2.24, 2.45) is 0 Å². The maximum atomic E-state index is 12.0. The molecular formula is C10H14F3N3O2S. The van der Waals surface area contributed by atoms with Crippen molar-refractivity contribution in [2.45, 2.75) is 12.7 Å². The Kier molecular flexibility index (Phi) is 4.77. The highest BCUT2D eigenvalue weighted by Crippen LogP contribution is 2.14. The van der Waals surface area contributed by atoms with E-state index >= 15 is 0 Å². The van der Waals surface area contributed by atoms with Crippen molar-refractivity contribution in [2.75, 3.05) is 19.3 Å². The Labute approximate surface area is 109 Å². The van der Waals surface area contributed by atoms with Gasteiger partial charge in [0.05, 0.1) is 0 Å². The molecule has 9 heteroatoms. The molecule has 0 aromatic heterocycles. The van der Waals surface area contributed by atoms with E-state index in [0.717, 1.165) is 4.31 Å². The molecule has 3 N–H and O–H groups in total. The van der Waals surface area contributed by atoms with E-state index in [4.69, 9.17) is 5.73 Å². The number of halogens is 3. The largest absolute Gasteiger partial charge is 0.402 e. The SMILES string of the molecule is CN(Cc1cccc(N)c1)S(=O)(=O)NCC(F)(F)F. The second kappa shape index (κ2) is 5.76. The highest BCUT2D eigenvalue weighted by molar-refractivity contribution is 7.87. The van der Waals surface area contributed by atoms with Crippen LogP contribution >= 0.6 is 0 Å². The van der Waals surface area contributed by atoms with E-state index < -0.39 is 22.9 Å². The number of hydrogen-bond acceptors (Lipinski definition) is 3. The molecule has 1 rings (SSSR count). The Hall–Kier alpha value is -1.32. The van der Waals surface area contributed by atoms with Crippen LogP contribution in [0.25, 0.3) is 0 Å². The van der Waals surface area contributed by atoms with Crippen LogP contribution in [0.4, 0.5) is 18.9 Å². The molecule has 0 bridgehead atoms. The van der Waals surface area contributed by atoms with Gasteiger partial charge in [-0.25, -0.2) is 0 Å². The Bertz CT molecular complexity index is 531. The number of benzene rings is 1. The summed E-state index contributed by atoms with van der Waals surface area (Å²) in [7, 11) is -3.00. The van der Waals surface area contributed by atoms with Gasteiger partial charge in [0.1, 0.15) is 6.54 Å². The van der Waals surface area contributed by atoms with E-state index in [-0.39, 0.29) is 6.54 Å². The van der Waals surface area contributed by atoms with Crippen molar-refractivity contribution in [3.8, 4) is 0 Å². The molecule has 0 aliphatic carbocycles. The van der Waals surface area contributed by atoms with Crippen molar-refractivity contribution >= 4 is 15.9 Å². The average molecular weight is 297 g/mol. The minimum atomic E-state index is -4.59. The van der Waals surface area contributed by atoms with Crippen molar-refractivity contribution in [1.82, 2.24) is 9.03 Å². The highest BCUT2D eigenvalue weighted by Gasteiger charge is 2.30. The van der Waals surface area contributed by atoms with Gasteiger partial charge >= 0.3 is 6.18 Å². The standard InChI is InChI=1S/C10H14F3N3O2S/c1-16(6-8-3-2-4-9(14)5-8)19(17,18)15-7-10(11,12)13/h2-5,15H,6-7,14H2,1H3. The molecule has 0 fully saturated rings. The number of rotatable bonds is 5. The summed E-state index contributed by atoms with van der Waals surface area (Å²) in [6.45, 7) is -1.67. The Balaban J connectivity index is 2.69. The van der Waals surface area contributed by atoms with E-state index in [0.29, 0.717) is 11.3 Å². The number of hydrogen-bond donors (Lipinski definition) is 2. The van der Waals surface area contributed by atoms with Crippen molar-refractivity contribution in [3.05, 3.63) is 29.8 Å². The van der Waals surface area contributed by atoms with Gasteiger partial charge in [-0.3, -0.25) is 0 Å². The summed E-state index contributed by atoms with van der Waals surface area (Å²) in [4.78, 5) is 0. The highest BCUT2D eigenvalue weighted by atomic mass is 32.2. The summed E-state index contributed by atoms with van der Waals surface area (Å²) in [5.41, 5.74) is 6.56. The maximum absolute atomic E-state index is 12.0. The van der Waals surface area contributed by atoms with E-state index in [2.05, 4.69) is 0 Å². The first-order chi connectivity index (χ1) is 8.60. The minimum absolute atomic E-state index is 0.0712. The van der Waals surface area contributed by atoms with Crippen LogP contribution in [0, 0.1) is 0 Å². The van der Waals surface area contributed by atoms with Gasteiger partial charge in [-0.15, -0.1) is 0 Å². The van der Waals surface area contributed by atoms with Gasteiger partial charge in [0, 0.05) is 19.3 Å². The van der Waals surface area contributed by atoms with Crippen LogP contribution in [0.5, 0.6) is 0 Å². The van der Waals surface area contributed by atoms with Crippen LogP contribution in [0.2, 0.25) is 0 Å². The molecule has 0 aliphatic rings. The minimum Gasteiger partial charge on any atom is -0.399 e. The quantitative estimate of drug-likeness (QED) is 0.799. The predicted octanol–water partition coefficient (Wildman–Crippen LogP) is 1.10. The number of anilines is 1. The van der Waals surface area contributed by atoms with E-state index in [1.54, 1.807) is 24.3 Å². The zero-order valence-corrected chi connectivity index (χ0v) is 10.9. The molecule has 19 heavy (non-hydrogen) atoms. The molecular weight excluding hydrogens is 283 g/mol. The molecule has 0 aliphatic heterocycles. The van der Waals surface area contributed by atoms with Crippen LogP contribution in [0.3, 0.4) is 0 Å². The molecule has 0 saturated carbocycles. The fourth-order valence-corrected chi connectivity index (χ4v) is 2.20. The van der Waals surface area contributed by atoms with E-state index in [9.17, 15) is 21.6 Å². The lowest BCUT2D eigenvalue weighted by molar-refractivity contribution is -0.121. The van der Waals surface area contributed by atoms with Crippen LogP contribution in [0.15, 0.2) is 24.3 Å². The number of nitrogens with two attached hydrogens (primary N) is 1. The summed E-state index contributed by atoms with van der Waals surface area (Å²) in [6, 6.07) is 6.44. The van der Waals surface area contributed by atoms with Crippen LogP contribution in [0.1, 0.15) is 5.56 Å². The second-order valence-electron chi connectivity index (χ2n) is 3.94. The smallest absolute Gasteiger partial charge is 0.399 e. The van der Waals surface area contributed by atoms with Crippen molar-refractivity contribution in [1.29, 1.82) is 0 Å². The summed E-state index contributed by atoms with van der Waals surface area (Å²) in [6.07, 6.45) is -4.59. The first-order valence-corrected chi connectivity index (χ1v) is 6.66. The maximum Gasteiger partial charge on any atom is 0.402 e. The molecule has 0 saturated heterocycles. The van der Waals surface area contributed by atoms with Gasteiger partial charge in [0.2, 0.25) is 0 Å². The third-order valence-corrected chi connectivity index (χ3v) is 3.68. The molecule has 0 heterocycles. The molecule has 0 amide bonds. The third kappa shape index (κ3) is 5.45. The topological polar surface area (TPSA) is 75.4 Å². The second-order valence-corrected chi connectivity index (χ2v) is 5.80. The first kappa shape index (κ1) is 15.7. The fraction of sp³-hybridized carbons (Fsp3) is 0.400. The fourth-order valence-electron chi connectivity index (χ4n) is 1.32. The third-order valence-electron chi connectivity index (χ3n) is 2.22. The Morgan fingerprint density at radius 2 is 2.00 bits per heavy atom. The number of nitrogen functional groups attached to an aromatic ring is 1. The summed E-state index contributed by atoms with van der Waals surface area (Å²) >= 11 is 0. The van der Waals surface area contributed by atoms with Gasteiger partial charge in [-0.05, 0) is 17.7 Å². The van der Waals surface area contributed by atoms with Gasteiger partial charge in [-0.2, -0.15) is 30.6 Å². The van der Waals surface area contributed by atoms with E-state index in [1.165, 1.54) is 11.8 Å². The van der Waals surface area contributed by atoms with E-state index in [1.807, 2.05) is 0 Å². The molecule has 0 atom stereocenters. The zero-order chi connectivity index (χ0) is 14.7. The summed E-state index contributed by atoms with van der Waals surface area (Å²) in [5, 5.41) is 0. The molecule has 108 valence electrons. The monoisotopic (exact) mass is 297 g/mol. The molecule has 1 aromatic carbocycles. The zero-order valence-electron chi connectivity index (χ0n) is 10.1. The molecule has 1 aromatic rings. The lowest BCUT2D eigenvalue weighted by Gasteiger charge is -2.18. The summed E-state index contributed by atoms with van der Waals surface area (Å²) < 4.78 is 61.3. The molecule has 0 spiro atoms. The predicted molar refractivity (Wildman–Crippen MR) is 65.3 cm³/mol. The number of nitrogens with one attached hydrogen (secondary N) is 1. The Morgan fingerprint density at radius 1 is 1.37 bits per heavy atom. The molecule has 5 nitrogen and oxygen atoms in total. The van der Waals surface area contributed by atoms with Crippen LogP contribution < -0.4 is 10.5 Å². The van der Waals surface area contributed by atoms with Crippen molar-refractivity contribution < 1.29 is 21.6 Å². The normalized spacial score (nSPS) is 12.9. The lowest BCUT2D eigenvalue weighted by atomic mass is 10.2. The number of alkyl halides is 3. The molecule has 0 radical (unpaired) electrons. The van der Waals surface area contributed by atoms with Gasteiger partial charge in [-0.1, -0.05) is 12.1 Å². The number of nitrogens with zero attached hydrogens (tertiary/aromatic N) is 1. The average Bonchev–Trinajstić information content (AvgIpc) is 2.25. The molecule has 0 unspecified atom stereocenters. The Morgan fingerprint density at radius 3 is 2.53 bits per heavy atom. The van der Waals surface area contributed by atoms with Crippen molar-refractivity contribution in [3.63, 3.8) is 0 Å². The summed E-state index contributed by atoms with van der Waals surface area (Å²) in [5.74, 6) is 0. The first-order valence-electron chi connectivity index (χ1n) is 5.22. The van der Waals surface area contributed by atoms with Gasteiger partial charge in [0.15, 0.2) is 0 Å². The van der Waals surface area contributed by atoms with Crippen LogP contribution in [-0.2, 0) is 16.8 Å².